The highest BCUT2D eigenvalue weighted by molar-refractivity contribution is 7.14. The lowest BCUT2D eigenvalue weighted by Crippen LogP contribution is -2.41. The number of carboxylic acid groups (broad SMARTS) is 1. The van der Waals surface area contributed by atoms with E-state index in [-0.39, 0.29) is 36.4 Å². The summed E-state index contributed by atoms with van der Waals surface area (Å²) in [6.07, 6.45) is 1.50. The summed E-state index contributed by atoms with van der Waals surface area (Å²) >= 11 is 1.30. The average Bonchev–Trinajstić information content (AvgIpc) is 3.00. The number of aryl methyl sites for hydroxylation is 1. The molecule has 0 bridgehead atoms. The molecule has 25 heavy (non-hydrogen) atoms. The summed E-state index contributed by atoms with van der Waals surface area (Å²) in [5.74, 6) is -1.87. The zero-order valence-corrected chi connectivity index (χ0v) is 15.1. The van der Waals surface area contributed by atoms with Crippen LogP contribution in [0.5, 0.6) is 5.75 Å². The van der Waals surface area contributed by atoms with Crippen molar-refractivity contribution >= 4 is 29.7 Å². The Morgan fingerprint density at radius 1 is 1.56 bits per heavy atom. The number of halogens is 2. The number of carboxylic acids is 1. The van der Waals surface area contributed by atoms with Crippen LogP contribution in [0.15, 0.2) is 18.3 Å². The van der Waals surface area contributed by atoms with Crippen molar-refractivity contribution in [3.8, 4) is 16.3 Å². The fourth-order valence-corrected chi connectivity index (χ4v) is 3.16. The Balaban J connectivity index is 0.00000225. The van der Waals surface area contributed by atoms with Crippen molar-refractivity contribution in [2.75, 3.05) is 26.3 Å². The second kappa shape index (κ2) is 8.57. The van der Waals surface area contributed by atoms with Gasteiger partial charge in [-0.15, -0.1) is 23.7 Å². The lowest BCUT2D eigenvalue weighted by molar-refractivity contribution is 0.000175. The lowest BCUT2D eigenvalue weighted by Gasteiger charge is -2.23. The van der Waals surface area contributed by atoms with E-state index in [9.17, 15) is 14.3 Å². The molecule has 2 heterocycles. The summed E-state index contributed by atoms with van der Waals surface area (Å²) in [6, 6.07) is 2.67. The number of benzene rings is 1. The molecule has 9 heteroatoms. The highest BCUT2D eigenvalue weighted by Crippen LogP contribution is 2.32. The van der Waals surface area contributed by atoms with E-state index in [1.807, 2.05) is 6.92 Å². The molecule has 0 spiro atoms. The molecule has 2 N–H and O–H groups in total. The molecule has 1 fully saturated rings. The van der Waals surface area contributed by atoms with Gasteiger partial charge in [-0.2, -0.15) is 0 Å². The van der Waals surface area contributed by atoms with Crippen LogP contribution in [0.1, 0.15) is 15.2 Å². The first kappa shape index (κ1) is 19.6. The maximum atomic E-state index is 14.5. The monoisotopic (exact) mass is 388 g/mol. The molecule has 0 unspecified atom stereocenters. The van der Waals surface area contributed by atoms with Crippen molar-refractivity contribution < 1.29 is 23.8 Å². The maximum Gasteiger partial charge on any atom is 0.338 e. The molecular weight excluding hydrogens is 371 g/mol. The molecule has 2 aromatic rings. The van der Waals surface area contributed by atoms with Gasteiger partial charge >= 0.3 is 5.97 Å². The van der Waals surface area contributed by atoms with Crippen LogP contribution < -0.4 is 10.1 Å². The van der Waals surface area contributed by atoms with E-state index in [1.165, 1.54) is 23.5 Å². The average molecular weight is 389 g/mol. The standard InChI is InChI=1S/C16H17FN2O4S.ClH/c1-9-6-19-15(24-9)12-4-10(5-13(14(12)17)16(20)21)23-8-11-7-18-2-3-22-11;/h4-6,11,18H,2-3,7-8H2,1H3,(H,20,21);1H/t11-;/m1./s1. The Bertz CT molecular complexity index is 750. The Hall–Kier alpha value is -1.74. The van der Waals surface area contributed by atoms with Gasteiger partial charge < -0.3 is 19.9 Å². The normalized spacial score (nSPS) is 17.0. The van der Waals surface area contributed by atoms with Gasteiger partial charge in [-0.1, -0.05) is 0 Å². The van der Waals surface area contributed by atoms with Crippen molar-refractivity contribution in [3.63, 3.8) is 0 Å². The molecule has 1 aromatic heterocycles. The molecule has 6 nitrogen and oxygen atoms in total. The van der Waals surface area contributed by atoms with Crippen LogP contribution in [0.4, 0.5) is 4.39 Å². The fraction of sp³-hybridized carbons (Fsp3) is 0.375. The highest BCUT2D eigenvalue weighted by Gasteiger charge is 2.21. The number of morpholine rings is 1. The van der Waals surface area contributed by atoms with Crippen LogP contribution in [0.2, 0.25) is 0 Å². The second-order valence-electron chi connectivity index (χ2n) is 5.42. The predicted molar refractivity (Wildman–Crippen MR) is 94.6 cm³/mol. The minimum atomic E-state index is -1.34. The third kappa shape index (κ3) is 4.66. The third-order valence-corrected chi connectivity index (χ3v) is 4.51. The number of nitrogens with zero attached hydrogens (tertiary/aromatic N) is 1. The molecule has 1 aliphatic rings. The molecule has 0 aliphatic carbocycles. The first-order chi connectivity index (χ1) is 11.5. The summed E-state index contributed by atoms with van der Waals surface area (Å²) in [5, 5.41) is 12.8. The van der Waals surface area contributed by atoms with E-state index in [2.05, 4.69) is 10.3 Å². The predicted octanol–water partition coefficient (Wildman–Crippen LogP) is 2.74. The van der Waals surface area contributed by atoms with E-state index >= 15 is 0 Å². The summed E-state index contributed by atoms with van der Waals surface area (Å²) in [5.41, 5.74) is -0.302. The van der Waals surface area contributed by atoms with Gasteiger partial charge in [-0.05, 0) is 19.1 Å². The van der Waals surface area contributed by atoms with Crippen LogP contribution in [-0.4, -0.2) is 48.5 Å². The number of aromatic carboxylic acids is 1. The van der Waals surface area contributed by atoms with E-state index in [0.717, 1.165) is 11.4 Å². The molecular formula is C16H18ClFN2O4S. The van der Waals surface area contributed by atoms with Gasteiger partial charge in [0.15, 0.2) is 0 Å². The molecule has 1 aliphatic heterocycles. The van der Waals surface area contributed by atoms with Crippen LogP contribution in [0.3, 0.4) is 0 Å². The summed E-state index contributed by atoms with van der Waals surface area (Å²) in [4.78, 5) is 16.4. The number of hydrogen-bond donors (Lipinski definition) is 2. The van der Waals surface area contributed by atoms with Crippen molar-refractivity contribution in [2.45, 2.75) is 13.0 Å². The lowest BCUT2D eigenvalue weighted by atomic mass is 10.1. The maximum absolute atomic E-state index is 14.5. The Morgan fingerprint density at radius 3 is 2.96 bits per heavy atom. The van der Waals surface area contributed by atoms with Crippen LogP contribution in [-0.2, 0) is 4.74 Å². The van der Waals surface area contributed by atoms with Gasteiger partial charge in [0.2, 0.25) is 0 Å². The van der Waals surface area contributed by atoms with E-state index < -0.39 is 17.3 Å². The largest absolute Gasteiger partial charge is 0.491 e. The zero-order valence-electron chi connectivity index (χ0n) is 13.5. The Morgan fingerprint density at radius 2 is 2.36 bits per heavy atom. The first-order valence-electron chi connectivity index (χ1n) is 7.49. The summed E-state index contributed by atoms with van der Waals surface area (Å²) in [6.45, 7) is 4.16. The minimum Gasteiger partial charge on any atom is -0.491 e. The topological polar surface area (TPSA) is 80.7 Å². The van der Waals surface area contributed by atoms with Crippen LogP contribution in [0, 0.1) is 12.7 Å². The molecule has 0 amide bonds. The Labute approximate surface area is 154 Å². The molecule has 1 saturated heterocycles. The number of thiazole rings is 1. The first-order valence-corrected chi connectivity index (χ1v) is 8.31. The Kier molecular flexibility index (Phi) is 6.71. The van der Waals surface area contributed by atoms with E-state index in [0.29, 0.717) is 18.2 Å². The molecule has 136 valence electrons. The fourth-order valence-electron chi connectivity index (χ4n) is 2.39. The quantitative estimate of drug-likeness (QED) is 0.819. The van der Waals surface area contributed by atoms with E-state index in [4.69, 9.17) is 9.47 Å². The van der Waals surface area contributed by atoms with Gasteiger partial charge in [0.1, 0.15) is 29.3 Å². The summed E-state index contributed by atoms with van der Waals surface area (Å²) < 4.78 is 25.7. The number of aromatic nitrogens is 1. The number of ether oxygens (including phenoxy) is 2. The van der Waals surface area contributed by atoms with Crippen molar-refractivity contribution in [1.82, 2.24) is 10.3 Å². The van der Waals surface area contributed by atoms with Gasteiger partial charge in [0.05, 0.1) is 17.7 Å². The van der Waals surface area contributed by atoms with Gasteiger partial charge in [-0.25, -0.2) is 14.2 Å². The third-order valence-electron chi connectivity index (χ3n) is 3.57. The molecule has 0 saturated carbocycles. The summed E-state index contributed by atoms with van der Waals surface area (Å²) in [7, 11) is 0. The van der Waals surface area contributed by atoms with E-state index in [1.54, 1.807) is 6.20 Å². The van der Waals surface area contributed by atoms with Crippen LogP contribution in [0.25, 0.3) is 10.6 Å². The van der Waals surface area contributed by atoms with Crippen molar-refractivity contribution in [2.24, 2.45) is 0 Å². The van der Waals surface area contributed by atoms with Crippen LogP contribution >= 0.6 is 23.7 Å². The molecule has 0 radical (unpaired) electrons. The molecule has 3 rings (SSSR count). The van der Waals surface area contributed by atoms with Gasteiger partial charge in [0.25, 0.3) is 0 Å². The number of nitrogens with one attached hydrogen (secondary N) is 1. The minimum absolute atomic E-state index is 0. The second-order valence-corrected chi connectivity index (χ2v) is 6.66. The highest BCUT2D eigenvalue weighted by atomic mass is 35.5. The zero-order chi connectivity index (χ0) is 17.1. The van der Waals surface area contributed by atoms with Gasteiger partial charge in [0, 0.05) is 24.2 Å². The number of hydrogen-bond acceptors (Lipinski definition) is 6. The SMILES string of the molecule is Cc1cnc(-c2cc(OC[C@H]3CNCCO3)cc(C(=O)O)c2F)s1.Cl. The molecule has 1 atom stereocenters. The van der Waals surface area contributed by atoms with Crippen molar-refractivity contribution in [1.29, 1.82) is 0 Å². The molecule has 1 aromatic carbocycles. The van der Waals surface area contributed by atoms with Gasteiger partial charge in [-0.3, -0.25) is 0 Å². The van der Waals surface area contributed by atoms with Crippen molar-refractivity contribution in [3.05, 3.63) is 34.6 Å². The number of rotatable bonds is 5. The smallest absolute Gasteiger partial charge is 0.338 e. The number of carbonyl (C=O) groups is 1.